The van der Waals surface area contributed by atoms with Crippen LogP contribution >= 0.6 is 0 Å². The first kappa shape index (κ1) is 9.81. The Labute approximate surface area is 85.8 Å². The molecule has 79 valence electrons. The highest BCUT2D eigenvalue weighted by Crippen LogP contribution is 2.27. The molecule has 0 atom stereocenters. The molecule has 0 unspecified atom stereocenters. The summed E-state index contributed by atoms with van der Waals surface area (Å²) in [5.74, 6) is 0.879. The molecular formula is C11H19N2O. The Kier molecular flexibility index (Phi) is 3.27. The van der Waals surface area contributed by atoms with Crippen LogP contribution in [0.25, 0.3) is 0 Å². The Balaban J connectivity index is 1.70. The fraction of sp³-hybridized carbons (Fsp3) is 0.909. The summed E-state index contributed by atoms with van der Waals surface area (Å²) >= 11 is 0. The summed E-state index contributed by atoms with van der Waals surface area (Å²) in [5.41, 5.74) is 0. The van der Waals surface area contributed by atoms with Crippen LogP contribution in [0.2, 0.25) is 0 Å². The molecule has 2 fully saturated rings. The molecule has 1 saturated carbocycles. The Morgan fingerprint density at radius 3 is 2.79 bits per heavy atom. The third-order valence-corrected chi connectivity index (χ3v) is 3.39. The van der Waals surface area contributed by atoms with Gasteiger partial charge in [-0.1, -0.05) is 25.7 Å². The average molecular weight is 195 g/mol. The molecule has 0 N–H and O–H groups in total. The Morgan fingerprint density at radius 1 is 1.29 bits per heavy atom. The monoisotopic (exact) mass is 195 g/mol. The summed E-state index contributed by atoms with van der Waals surface area (Å²) in [6.45, 7) is 2.60. The fourth-order valence-electron chi connectivity index (χ4n) is 2.48. The van der Waals surface area contributed by atoms with Crippen LogP contribution in [0.3, 0.4) is 0 Å². The van der Waals surface area contributed by atoms with Crippen molar-refractivity contribution >= 4 is 6.03 Å². The largest absolute Gasteiger partial charge is 0.338 e. The van der Waals surface area contributed by atoms with E-state index in [1.54, 1.807) is 0 Å². The third kappa shape index (κ3) is 2.40. The van der Waals surface area contributed by atoms with Gasteiger partial charge in [-0.25, -0.2) is 10.1 Å². The molecule has 2 amide bonds. The van der Waals surface area contributed by atoms with E-state index in [0.29, 0.717) is 0 Å². The second-order valence-corrected chi connectivity index (χ2v) is 4.44. The summed E-state index contributed by atoms with van der Waals surface area (Å²) in [5, 5.41) is 3.94. The van der Waals surface area contributed by atoms with Crippen LogP contribution < -0.4 is 5.32 Å². The van der Waals surface area contributed by atoms with Crippen molar-refractivity contribution in [1.29, 1.82) is 0 Å². The SMILES string of the molecule is O=C1[N]CCCN1CCC1CCCC1. The summed E-state index contributed by atoms with van der Waals surface area (Å²) in [6, 6.07) is 0.0225. The highest BCUT2D eigenvalue weighted by atomic mass is 16.2. The number of carbonyl (C=O) groups is 1. The molecular weight excluding hydrogens is 176 g/mol. The zero-order valence-corrected chi connectivity index (χ0v) is 8.74. The molecule has 1 aliphatic carbocycles. The van der Waals surface area contributed by atoms with E-state index in [4.69, 9.17) is 0 Å². The van der Waals surface area contributed by atoms with E-state index in [0.717, 1.165) is 32.0 Å². The quantitative estimate of drug-likeness (QED) is 0.678. The molecule has 1 radical (unpaired) electrons. The Bertz CT molecular complexity index is 199. The fourth-order valence-corrected chi connectivity index (χ4v) is 2.48. The molecule has 0 spiro atoms. The van der Waals surface area contributed by atoms with Gasteiger partial charge in [0.1, 0.15) is 0 Å². The second kappa shape index (κ2) is 4.67. The van der Waals surface area contributed by atoms with Gasteiger partial charge < -0.3 is 4.90 Å². The van der Waals surface area contributed by atoms with Crippen molar-refractivity contribution < 1.29 is 4.79 Å². The van der Waals surface area contributed by atoms with E-state index in [-0.39, 0.29) is 6.03 Å². The minimum absolute atomic E-state index is 0.0225. The lowest BCUT2D eigenvalue weighted by atomic mass is 10.0. The first-order chi connectivity index (χ1) is 6.86. The number of rotatable bonds is 3. The second-order valence-electron chi connectivity index (χ2n) is 4.44. The van der Waals surface area contributed by atoms with Crippen LogP contribution in [-0.4, -0.2) is 30.6 Å². The zero-order chi connectivity index (χ0) is 9.80. The van der Waals surface area contributed by atoms with Gasteiger partial charge in [0.25, 0.3) is 0 Å². The Hall–Kier alpha value is -0.730. The summed E-state index contributed by atoms with van der Waals surface area (Å²) in [4.78, 5) is 13.3. The van der Waals surface area contributed by atoms with Gasteiger partial charge in [0.15, 0.2) is 0 Å². The third-order valence-electron chi connectivity index (χ3n) is 3.39. The lowest BCUT2D eigenvalue weighted by Gasteiger charge is -2.26. The zero-order valence-electron chi connectivity index (χ0n) is 8.74. The van der Waals surface area contributed by atoms with E-state index < -0.39 is 0 Å². The average Bonchev–Trinajstić information content (AvgIpc) is 2.69. The maximum atomic E-state index is 11.4. The van der Waals surface area contributed by atoms with Gasteiger partial charge in [-0.3, -0.25) is 0 Å². The van der Waals surface area contributed by atoms with E-state index in [1.165, 1.54) is 32.1 Å². The number of nitrogens with zero attached hydrogens (tertiary/aromatic N) is 2. The van der Waals surface area contributed by atoms with Crippen molar-refractivity contribution in [2.75, 3.05) is 19.6 Å². The van der Waals surface area contributed by atoms with Crippen LogP contribution in [0.1, 0.15) is 38.5 Å². The van der Waals surface area contributed by atoms with Gasteiger partial charge in [-0.15, -0.1) is 0 Å². The molecule has 0 aromatic heterocycles. The molecule has 1 heterocycles. The van der Waals surface area contributed by atoms with Crippen LogP contribution in [-0.2, 0) is 0 Å². The van der Waals surface area contributed by atoms with Crippen molar-refractivity contribution in [1.82, 2.24) is 10.2 Å². The van der Waals surface area contributed by atoms with Crippen LogP contribution in [0.4, 0.5) is 4.79 Å². The number of urea groups is 1. The van der Waals surface area contributed by atoms with Crippen LogP contribution in [0.5, 0.6) is 0 Å². The first-order valence-corrected chi connectivity index (χ1v) is 5.82. The first-order valence-electron chi connectivity index (χ1n) is 5.82. The highest BCUT2D eigenvalue weighted by Gasteiger charge is 2.21. The Morgan fingerprint density at radius 2 is 2.07 bits per heavy atom. The van der Waals surface area contributed by atoms with Crippen LogP contribution in [0, 0.1) is 5.92 Å². The topological polar surface area (TPSA) is 34.4 Å². The molecule has 2 aliphatic rings. The lowest BCUT2D eigenvalue weighted by molar-refractivity contribution is 0.180. The van der Waals surface area contributed by atoms with Gasteiger partial charge in [-0.2, -0.15) is 0 Å². The molecule has 1 aliphatic heterocycles. The van der Waals surface area contributed by atoms with Gasteiger partial charge in [0.2, 0.25) is 0 Å². The number of amides is 2. The van der Waals surface area contributed by atoms with E-state index >= 15 is 0 Å². The van der Waals surface area contributed by atoms with Crippen molar-refractivity contribution in [3.05, 3.63) is 0 Å². The van der Waals surface area contributed by atoms with Crippen molar-refractivity contribution in [3.8, 4) is 0 Å². The smallest absolute Gasteiger partial charge is 0.323 e. The summed E-state index contributed by atoms with van der Waals surface area (Å²) in [7, 11) is 0. The number of carbonyl (C=O) groups excluding carboxylic acids is 1. The minimum atomic E-state index is 0.0225. The lowest BCUT2D eigenvalue weighted by Crippen LogP contribution is -2.43. The van der Waals surface area contributed by atoms with E-state index in [1.807, 2.05) is 4.90 Å². The molecule has 3 nitrogen and oxygen atoms in total. The molecule has 2 rings (SSSR count). The molecule has 0 aromatic rings. The van der Waals surface area contributed by atoms with Gasteiger partial charge >= 0.3 is 6.03 Å². The molecule has 3 heteroatoms. The predicted molar refractivity (Wildman–Crippen MR) is 55.2 cm³/mol. The van der Waals surface area contributed by atoms with Crippen molar-refractivity contribution in [2.24, 2.45) is 5.92 Å². The molecule has 1 saturated heterocycles. The van der Waals surface area contributed by atoms with Crippen molar-refractivity contribution in [2.45, 2.75) is 38.5 Å². The van der Waals surface area contributed by atoms with E-state index in [2.05, 4.69) is 5.32 Å². The van der Waals surface area contributed by atoms with E-state index in [9.17, 15) is 4.79 Å². The van der Waals surface area contributed by atoms with Crippen molar-refractivity contribution in [3.63, 3.8) is 0 Å². The van der Waals surface area contributed by atoms with Crippen LogP contribution in [0.15, 0.2) is 0 Å². The molecule has 0 bridgehead atoms. The van der Waals surface area contributed by atoms with Gasteiger partial charge in [0.05, 0.1) is 0 Å². The van der Waals surface area contributed by atoms with Gasteiger partial charge in [0, 0.05) is 19.6 Å². The maximum Gasteiger partial charge on any atom is 0.338 e. The minimum Gasteiger partial charge on any atom is -0.323 e. The molecule has 0 aromatic carbocycles. The normalized spacial score (nSPS) is 24.0. The number of hydrogen-bond donors (Lipinski definition) is 0. The standard InChI is InChI=1S/C11H19N2O/c14-11-12-7-3-8-13(11)9-6-10-4-1-2-5-10/h10H,1-9H2. The predicted octanol–water partition coefficient (Wildman–Crippen LogP) is 2.00. The molecule has 14 heavy (non-hydrogen) atoms. The summed E-state index contributed by atoms with van der Waals surface area (Å²) < 4.78 is 0. The highest BCUT2D eigenvalue weighted by molar-refractivity contribution is 5.74. The number of hydrogen-bond acceptors (Lipinski definition) is 1. The summed E-state index contributed by atoms with van der Waals surface area (Å²) in [6.07, 6.45) is 7.78. The van der Waals surface area contributed by atoms with Gasteiger partial charge in [-0.05, 0) is 18.8 Å². The maximum absolute atomic E-state index is 11.4.